The maximum absolute atomic E-state index is 12.3. The van der Waals surface area contributed by atoms with Gasteiger partial charge in [0.25, 0.3) is 0 Å². The molecule has 0 bridgehead atoms. The number of carbonyl (C=O) groups excluding carboxylic acids is 1. The molecule has 1 aliphatic heterocycles. The molecule has 2 aromatic rings. The van der Waals surface area contributed by atoms with Crippen LogP contribution in [0.5, 0.6) is 0 Å². The van der Waals surface area contributed by atoms with Crippen LogP contribution in [0, 0.1) is 5.92 Å². The van der Waals surface area contributed by atoms with Crippen LogP contribution in [0.1, 0.15) is 30.2 Å². The first-order valence-corrected chi connectivity index (χ1v) is 8.90. The minimum atomic E-state index is -0.449. The van der Waals surface area contributed by atoms with Gasteiger partial charge in [-0.05, 0) is 36.5 Å². The molecule has 5 heteroatoms. The van der Waals surface area contributed by atoms with Gasteiger partial charge in [0.1, 0.15) is 0 Å². The van der Waals surface area contributed by atoms with Crippen LogP contribution in [-0.2, 0) is 6.42 Å². The molecule has 5 nitrogen and oxygen atoms in total. The van der Waals surface area contributed by atoms with Gasteiger partial charge in [-0.15, -0.1) is 0 Å². The molecule has 0 saturated carbocycles. The Morgan fingerprint density at radius 3 is 2.56 bits per heavy atom. The van der Waals surface area contributed by atoms with Crippen LogP contribution in [0.15, 0.2) is 54.7 Å². The van der Waals surface area contributed by atoms with Gasteiger partial charge < -0.3 is 15.3 Å². The van der Waals surface area contributed by atoms with Crippen molar-refractivity contribution in [1.82, 2.24) is 15.2 Å². The van der Waals surface area contributed by atoms with Crippen LogP contribution in [-0.4, -0.2) is 40.7 Å². The number of nitrogens with zero attached hydrogens (tertiary/aromatic N) is 2. The van der Waals surface area contributed by atoms with E-state index in [9.17, 15) is 9.90 Å². The summed E-state index contributed by atoms with van der Waals surface area (Å²) in [6, 6.07) is 15.5. The summed E-state index contributed by atoms with van der Waals surface area (Å²) in [5.74, 6) is 0.208. The van der Waals surface area contributed by atoms with E-state index in [1.165, 1.54) is 0 Å². The van der Waals surface area contributed by atoms with Crippen molar-refractivity contribution in [3.05, 3.63) is 66.0 Å². The predicted octanol–water partition coefficient (Wildman–Crippen LogP) is 2.78. The van der Waals surface area contributed by atoms with Crippen molar-refractivity contribution in [3.63, 3.8) is 0 Å². The van der Waals surface area contributed by atoms with E-state index in [1.807, 2.05) is 53.4 Å². The van der Waals surface area contributed by atoms with Gasteiger partial charge in [-0.3, -0.25) is 4.98 Å². The third-order valence-corrected chi connectivity index (χ3v) is 4.80. The number of nitrogens with one attached hydrogen (secondary N) is 1. The third kappa shape index (κ3) is 4.79. The Morgan fingerprint density at radius 1 is 1.16 bits per heavy atom. The molecule has 1 unspecified atom stereocenters. The number of benzene rings is 1. The summed E-state index contributed by atoms with van der Waals surface area (Å²) in [5.41, 5.74) is 1.94. The molecule has 2 heterocycles. The fraction of sp³-hybridized carbons (Fsp3) is 0.400. The third-order valence-electron chi connectivity index (χ3n) is 4.80. The molecule has 0 radical (unpaired) electrons. The van der Waals surface area contributed by atoms with Gasteiger partial charge in [0.2, 0.25) is 0 Å². The van der Waals surface area contributed by atoms with E-state index in [0.717, 1.165) is 30.5 Å². The average molecular weight is 339 g/mol. The largest absolute Gasteiger partial charge is 0.388 e. The maximum Gasteiger partial charge on any atom is 0.317 e. The van der Waals surface area contributed by atoms with Gasteiger partial charge in [0, 0.05) is 37.9 Å². The quantitative estimate of drug-likeness (QED) is 0.880. The SMILES string of the molecule is O=C(NCCc1ccccn1)N1CCC(C(O)c2ccccc2)CC1. The van der Waals surface area contributed by atoms with Crippen LogP contribution in [0.2, 0.25) is 0 Å². The molecule has 25 heavy (non-hydrogen) atoms. The highest BCUT2D eigenvalue weighted by Gasteiger charge is 2.28. The Labute approximate surface area is 148 Å². The van der Waals surface area contributed by atoms with Crippen LogP contribution in [0.3, 0.4) is 0 Å². The first kappa shape index (κ1) is 17.4. The van der Waals surface area contributed by atoms with Crippen molar-refractivity contribution in [2.75, 3.05) is 19.6 Å². The molecule has 1 saturated heterocycles. The Balaban J connectivity index is 1.41. The molecule has 1 atom stereocenters. The highest BCUT2D eigenvalue weighted by Crippen LogP contribution is 2.30. The molecule has 0 spiro atoms. The minimum Gasteiger partial charge on any atom is -0.388 e. The Morgan fingerprint density at radius 2 is 1.88 bits per heavy atom. The zero-order valence-electron chi connectivity index (χ0n) is 14.3. The highest BCUT2D eigenvalue weighted by atomic mass is 16.3. The van der Waals surface area contributed by atoms with Gasteiger partial charge in [-0.1, -0.05) is 36.4 Å². The molecule has 1 fully saturated rings. The standard InChI is InChI=1S/C20H25N3O2/c24-19(16-6-2-1-3-7-16)17-10-14-23(15-11-17)20(25)22-13-9-18-8-4-5-12-21-18/h1-8,12,17,19,24H,9-11,13-15H2,(H,22,25). The zero-order chi connectivity index (χ0) is 17.5. The summed E-state index contributed by atoms with van der Waals surface area (Å²) in [4.78, 5) is 18.4. The summed E-state index contributed by atoms with van der Waals surface area (Å²) in [6.07, 6.45) is 3.69. The Bertz CT molecular complexity index is 655. The Hall–Kier alpha value is -2.40. The van der Waals surface area contributed by atoms with Crippen LogP contribution < -0.4 is 5.32 Å². The fourth-order valence-corrected chi connectivity index (χ4v) is 3.30. The van der Waals surface area contributed by atoms with Crippen molar-refractivity contribution in [1.29, 1.82) is 0 Å². The fourth-order valence-electron chi connectivity index (χ4n) is 3.30. The van der Waals surface area contributed by atoms with Crippen molar-refractivity contribution in [2.24, 2.45) is 5.92 Å². The molecule has 2 amide bonds. The number of amides is 2. The topological polar surface area (TPSA) is 65.5 Å². The predicted molar refractivity (Wildman–Crippen MR) is 97.0 cm³/mol. The molecule has 2 N–H and O–H groups in total. The van der Waals surface area contributed by atoms with Crippen LogP contribution in [0.25, 0.3) is 0 Å². The van der Waals surface area contributed by atoms with E-state index < -0.39 is 6.10 Å². The van der Waals surface area contributed by atoms with Gasteiger partial charge in [0.05, 0.1) is 6.10 Å². The van der Waals surface area contributed by atoms with E-state index in [4.69, 9.17) is 0 Å². The van der Waals surface area contributed by atoms with Crippen LogP contribution in [0.4, 0.5) is 4.79 Å². The van der Waals surface area contributed by atoms with Gasteiger partial charge in [-0.2, -0.15) is 0 Å². The van der Waals surface area contributed by atoms with Crippen LogP contribution >= 0.6 is 0 Å². The molecule has 0 aliphatic carbocycles. The second-order valence-corrected chi connectivity index (χ2v) is 6.48. The maximum atomic E-state index is 12.3. The number of piperidine rings is 1. The molecular weight excluding hydrogens is 314 g/mol. The highest BCUT2D eigenvalue weighted by molar-refractivity contribution is 5.74. The number of pyridine rings is 1. The minimum absolute atomic E-state index is 0.0245. The first-order chi connectivity index (χ1) is 12.2. The molecular formula is C20H25N3O2. The van der Waals surface area contributed by atoms with Gasteiger partial charge in [0.15, 0.2) is 0 Å². The summed E-state index contributed by atoms with van der Waals surface area (Å²) in [6.45, 7) is 1.95. The zero-order valence-corrected chi connectivity index (χ0v) is 14.3. The lowest BCUT2D eigenvalue weighted by Gasteiger charge is -2.34. The number of aromatic nitrogens is 1. The lowest BCUT2D eigenvalue weighted by molar-refractivity contribution is 0.0666. The normalized spacial score (nSPS) is 16.4. The summed E-state index contributed by atoms with van der Waals surface area (Å²) in [7, 11) is 0. The van der Waals surface area contributed by atoms with E-state index in [0.29, 0.717) is 19.6 Å². The van der Waals surface area contributed by atoms with E-state index in [2.05, 4.69) is 10.3 Å². The average Bonchev–Trinajstić information content (AvgIpc) is 2.69. The number of urea groups is 1. The van der Waals surface area contributed by atoms with Crippen molar-refractivity contribution < 1.29 is 9.90 Å². The lowest BCUT2D eigenvalue weighted by Crippen LogP contribution is -2.45. The van der Waals surface area contributed by atoms with Crippen molar-refractivity contribution in [3.8, 4) is 0 Å². The Kier molecular flexibility index (Phi) is 6.01. The monoisotopic (exact) mass is 339 g/mol. The van der Waals surface area contributed by atoms with Crippen molar-refractivity contribution >= 4 is 6.03 Å². The van der Waals surface area contributed by atoms with E-state index >= 15 is 0 Å². The smallest absolute Gasteiger partial charge is 0.317 e. The summed E-state index contributed by atoms with van der Waals surface area (Å²) >= 11 is 0. The number of aliphatic hydroxyl groups is 1. The number of aliphatic hydroxyl groups excluding tert-OH is 1. The summed E-state index contributed by atoms with van der Waals surface area (Å²) in [5, 5.41) is 13.5. The number of hydrogen-bond donors (Lipinski definition) is 2. The second-order valence-electron chi connectivity index (χ2n) is 6.48. The number of likely N-dealkylation sites (tertiary alicyclic amines) is 1. The molecule has 1 aromatic carbocycles. The first-order valence-electron chi connectivity index (χ1n) is 8.90. The van der Waals surface area contributed by atoms with Gasteiger partial charge in [-0.25, -0.2) is 4.79 Å². The second kappa shape index (κ2) is 8.62. The number of hydrogen-bond acceptors (Lipinski definition) is 3. The molecule has 132 valence electrons. The molecule has 1 aliphatic rings. The number of rotatable bonds is 5. The van der Waals surface area contributed by atoms with E-state index in [-0.39, 0.29) is 11.9 Å². The molecule has 3 rings (SSSR count). The summed E-state index contributed by atoms with van der Waals surface area (Å²) < 4.78 is 0. The van der Waals surface area contributed by atoms with Crippen molar-refractivity contribution in [2.45, 2.75) is 25.4 Å². The lowest BCUT2D eigenvalue weighted by atomic mass is 9.87. The molecule has 1 aromatic heterocycles. The van der Waals surface area contributed by atoms with E-state index in [1.54, 1.807) is 6.20 Å². The van der Waals surface area contributed by atoms with Gasteiger partial charge >= 0.3 is 6.03 Å². The number of carbonyl (C=O) groups is 1.